The summed E-state index contributed by atoms with van der Waals surface area (Å²) in [6, 6.07) is 9.53. The van der Waals surface area contributed by atoms with Gasteiger partial charge in [-0.3, -0.25) is 4.79 Å². The van der Waals surface area contributed by atoms with Gasteiger partial charge in [-0.05, 0) is 30.5 Å². The van der Waals surface area contributed by atoms with E-state index in [1.54, 1.807) is 23.5 Å². The van der Waals surface area contributed by atoms with Crippen LogP contribution in [0.25, 0.3) is 0 Å². The summed E-state index contributed by atoms with van der Waals surface area (Å²) >= 11 is 7.93. The Morgan fingerprint density at radius 1 is 1.33 bits per heavy atom. The first-order valence-electron chi connectivity index (χ1n) is 5.77. The SMILES string of the molecule is CCN(Cc1cccs1)c1c(Cl)cccc1C=O. The van der Waals surface area contributed by atoms with E-state index < -0.39 is 0 Å². The van der Waals surface area contributed by atoms with E-state index >= 15 is 0 Å². The molecule has 1 aromatic carbocycles. The maximum absolute atomic E-state index is 11.1. The number of anilines is 1. The molecule has 0 unspecified atom stereocenters. The average molecular weight is 280 g/mol. The predicted octanol–water partition coefficient (Wildman–Crippen LogP) is 4.24. The highest BCUT2D eigenvalue weighted by molar-refractivity contribution is 7.09. The van der Waals surface area contributed by atoms with Crippen molar-refractivity contribution < 1.29 is 4.79 Å². The van der Waals surface area contributed by atoms with Crippen LogP contribution in [0.2, 0.25) is 5.02 Å². The molecule has 0 aliphatic heterocycles. The van der Waals surface area contributed by atoms with Crippen molar-refractivity contribution in [3.63, 3.8) is 0 Å². The van der Waals surface area contributed by atoms with Crippen molar-refractivity contribution in [3.05, 3.63) is 51.2 Å². The van der Waals surface area contributed by atoms with E-state index in [1.165, 1.54) is 4.88 Å². The molecule has 2 nitrogen and oxygen atoms in total. The molecule has 94 valence electrons. The molecule has 4 heteroatoms. The molecular formula is C14H14ClNOS. The fourth-order valence-corrected chi connectivity index (χ4v) is 2.92. The highest BCUT2D eigenvalue weighted by atomic mass is 35.5. The molecule has 0 aliphatic carbocycles. The van der Waals surface area contributed by atoms with Gasteiger partial charge in [0.05, 0.1) is 17.3 Å². The van der Waals surface area contributed by atoms with E-state index in [1.807, 2.05) is 12.1 Å². The molecule has 0 fully saturated rings. The number of aldehydes is 1. The molecule has 0 saturated carbocycles. The predicted molar refractivity (Wildman–Crippen MR) is 77.9 cm³/mol. The molecule has 0 bridgehead atoms. The summed E-state index contributed by atoms with van der Waals surface area (Å²) in [6.07, 6.45) is 0.859. The number of thiophene rings is 1. The Balaban J connectivity index is 2.35. The summed E-state index contributed by atoms with van der Waals surface area (Å²) in [7, 11) is 0. The molecule has 2 aromatic rings. The van der Waals surface area contributed by atoms with Crippen LogP contribution in [0.4, 0.5) is 5.69 Å². The van der Waals surface area contributed by atoms with Gasteiger partial charge in [0.1, 0.15) is 0 Å². The Morgan fingerprint density at radius 3 is 2.78 bits per heavy atom. The van der Waals surface area contributed by atoms with E-state index in [4.69, 9.17) is 11.6 Å². The van der Waals surface area contributed by atoms with Gasteiger partial charge in [-0.2, -0.15) is 0 Å². The molecule has 0 amide bonds. The molecule has 0 atom stereocenters. The van der Waals surface area contributed by atoms with Gasteiger partial charge in [0.2, 0.25) is 0 Å². The van der Waals surface area contributed by atoms with Crippen molar-refractivity contribution in [1.82, 2.24) is 0 Å². The highest BCUT2D eigenvalue weighted by Crippen LogP contribution is 2.30. The standard InChI is InChI=1S/C14H14ClNOS/c1-2-16(9-12-6-4-8-18-12)14-11(10-17)5-3-7-13(14)15/h3-8,10H,2,9H2,1H3. The molecule has 1 heterocycles. The largest absolute Gasteiger partial charge is 0.365 e. The number of halogens is 1. The van der Waals surface area contributed by atoms with E-state index in [9.17, 15) is 4.79 Å². The van der Waals surface area contributed by atoms with E-state index in [0.717, 1.165) is 25.1 Å². The molecule has 0 N–H and O–H groups in total. The molecule has 2 rings (SSSR count). The quantitative estimate of drug-likeness (QED) is 0.763. The van der Waals surface area contributed by atoms with Gasteiger partial charge in [0, 0.05) is 17.0 Å². The third-order valence-electron chi connectivity index (χ3n) is 2.77. The molecule has 0 spiro atoms. The zero-order chi connectivity index (χ0) is 13.0. The minimum absolute atomic E-state index is 0.623. The van der Waals surface area contributed by atoms with Gasteiger partial charge >= 0.3 is 0 Å². The van der Waals surface area contributed by atoms with Crippen LogP contribution in [-0.2, 0) is 6.54 Å². The number of hydrogen-bond donors (Lipinski definition) is 0. The topological polar surface area (TPSA) is 20.3 Å². The minimum atomic E-state index is 0.623. The van der Waals surface area contributed by atoms with Crippen molar-refractivity contribution in [1.29, 1.82) is 0 Å². The van der Waals surface area contributed by atoms with Crippen LogP contribution in [0.15, 0.2) is 35.7 Å². The van der Waals surface area contributed by atoms with Crippen LogP contribution in [0.3, 0.4) is 0 Å². The van der Waals surface area contributed by atoms with Crippen LogP contribution in [-0.4, -0.2) is 12.8 Å². The lowest BCUT2D eigenvalue weighted by Crippen LogP contribution is -2.23. The lowest BCUT2D eigenvalue weighted by Gasteiger charge is -2.25. The smallest absolute Gasteiger partial charge is 0.152 e. The maximum atomic E-state index is 11.1. The van der Waals surface area contributed by atoms with Crippen molar-refractivity contribution in [2.24, 2.45) is 0 Å². The fraction of sp³-hybridized carbons (Fsp3) is 0.214. The summed E-state index contributed by atoms with van der Waals surface area (Å²) < 4.78 is 0. The second kappa shape index (κ2) is 6.03. The normalized spacial score (nSPS) is 10.3. The number of carbonyl (C=O) groups is 1. The molecule has 0 aliphatic rings. The lowest BCUT2D eigenvalue weighted by atomic mass is 10.1. The minimum Gasteiger partial charge on any atom is -0.365 e. The van der Waals surface area contributed by atoms with Crippen LogP contribution < -0.4 is 4.90 Å². The Labute approximate surface area is 116 Å². The first kappa shape index (κ1) is 13.1. The van der Waals surface area contributed by atoms with Crippen LogP contribution in [0.5, 0.6) is 0 Å². The summed E-state index contributed by atoms with van der Waals surface area (Å²) in [5, 5.41) is 2.68. The van der Waals surface area contributed by atoms with Crippen molar-refractivity contribution in [2.45, 2.75) is 13.5 Å². The van der Waals surface area contributed by atoms with Crippen LogP contribution >= 0.6 is 22.9 Å². The molecule has 0 radical (unpaired) electrons. The molecular weight excluding hydrogens is 266 g/mol. The fourth-order valence-electron chi connectivity index (χ4n) is 1.90. The Bertz CT molecular complexity index is 525. The van der Waals surface area contributed by atoms with Crippen molar-refractivity contribution in [3.8, 4) is 0 Å². The second-order valence-corrected chi connectivity index (χ2v) is 5.33. The van der Waals surface area contributed by atoms with Gasteiger partial charge in [-0.15, -0.1) is 11.3 Å². The molecule has 18 heavy (non-hydrogen) atoms. The Hall–Kier alpha value is -1.32. The Kier molecular flexibility index (Phi) is 4.39. The van der Waals surface area contributed by atoms with Gasteiger partial charge in [0.15, 0.2) is 6.29 Å². The summed E-state index contributed by atoms with van der Waals surface area (Å²) in [4.78, 5) is 14.5. The Morgan fingerprint density at radius 2 is 2.17 bits per heavy atom. The first-order valence-corrected chi connectivity index (χ1v) is 7.03. The number of carbonyl (C=O) groups excluding carboxylic acids is 1. The summed E-state index contributed by atoms with van der Waals surface area (Å²) in [6.45, 7) is 3.65. The summed E-state index contributed by atoms with van der Waals surface area (Å²) in [5.74, 6) is 0. The number of hydrogen-bond acceptors (Lipinski definition) is 3. The van der Waals surface area contributed by atoms with Crippen molar-refractivity contribution >= 4 is 34.9 Å². The number of rotatable bonds is 5. The average Bonchev–Trinajstić information content (AvgIpc) is 2.89. The first-order chi connectivity index (χ1) is 8.76. The third kappa shape index (κ3) is 2.74. The van der Waals surface area contributed by atoms with E-state index in [0.29, 0.717) is 10.6 Å². The number of nitrogens with zero attached hydrogens (tertiary/aromatic N) is 1. The van der Waals surface area contributed by atoms with Gasteiger partial charge in [0.25, 0.3) is 0 Å². The number of benzene rings is 1. The van der Waals surface area contributed by atoms with Crippen molar-refractivity contribution in [2.75, 3.05) is 11.4 Å². The highest BCUT2D eigenvalue weighted by Gasteiger charge is 2.14. The summed E-state index contributed by atoms with van der Waals surface area (Å²) in [5.41, 5.74) is 1.46. The monoisotopic (exact) mass is 279 g/mol. The zero-order valence-electron chi connectivity index (χ0n) is 10.1. The van der Waals surface area contributed by atoms with Crippen LogP contribution in [0, 0.1) is 0 Å². The van der Waals surface area contributed by atoms with Crippen LogP contribution in [0.1, 0.15) is 22.2 Å². The van der Waals surface area contributed by atoms with E-state index in [-0.39, 0.29) is 0 Å². The van der Waals surface area contributed by atoms with Gasteiger partial charge in [-0.25, -0.2) is 0 Å². The third-order valence-corrected chi connectivity index (χ3v) is 3.94. The van der Waals surface area contributed by atoms with Gasteiger partial charge in [-0.1, -0.05) is 23.7 Å². The van der Waals surface area contributed by atoms with E-state index in [2.05, 4.69) is 23.3 Å². The second-order valence-electron chi connectivity index (χ2n) is 3.89. The molecule has 0 saturated heterocycles. The van der Waals surface area contributed by atoms with Gasteiger partial charge < -0.3 is 4.90 Å². The maximum Gasteiger partial charge on any atom is 0.152 e. The lowest BCUT2D eigenvalue weighted by molar-refractivity contribution is 0.112. The zero-order valence-corrected chi connectivity index (χ0v) is 11.7. The number of para-hydroxylation sites is 1. The molecule has 1 aromatic heterocycles.